The van der Waals surface area contributed by atoms with Crippen molar-refractivity contribution in [3.05, 3.63) is 12.1 Å². The summed E-state index contributed by atoms with van der Waals surface area (Å²) >= 11 is 0. The van der Waals surface area contributed by atoms with Crippen LogP contribution < -0.4 is 10.5 Å². The largest absolute Gasteiger partial charge is 0.415 e. The van der Waals surface area contributed by atoms with Crippen LogP contribution in [0, 0.1) is 0 Å². The van der Waals surface area contributed by atoms with Gasteiger partial charge in [0.25, 0.3) is 0 Å². The number of hydrogen-bond acceptors (Lipinski definition) is 4. The van der Waals surface area contributed by atoms with Gasteiger partial charge in [0.1, 0.15) is 5.82 Å². The van der Waals surface area contributed by atoms with E-state index in [-0.39, 0.29) is 24.1 Å². The van der Waals surface area contributed by atoms with Crippen LogP contribution in [0.1, 0.15) is 0 Å². The molecular weight excluding hydrogens is 192 g/mol. The monoisotopic (exact) mass is 197 g/mol. The molecular formula is C5H6ClF2N3O. The summed E-state index contributed by atoms with van der Waals surface area (Å²) in [5.74, 6) is -0.0826. The summed E-state index contributed by atoms with van der Waals surface area (Å²) in [7, 11) is 0. The Morgan fingerprint density at radius 1 is 1.33 bits per heavy atom. The second-order valence-electron chi connectivity index (χ2n) is 1.67. The minimum atomic E-state index is -2.88. The third kappa shape index (κ3) is 3.29. The third-order valence-corrected chi connectivity index (χ3v) is 0.871. The summed E-state index contributed by atoms with van der Waals surface area (Å²) in [6.07, 6.45) is 0. The molecule has 1 rings (SSSR count). The van der Waals surface area contributed by atoms with E-state index in [1.807, 2.05) is 0 Å². The number of hydrogen-bond donors (Lipinski definition) is 1. The van der Waals surface area contributed by atoms with Crippen molar-refractivity contribution in [1.29, 1.82) is 0 Å². The average Bonchev–Trinajstić information content (AvgIpc) is 1.93. The van der Waals surface area contributed by atoms with Crippen LogP contribution in [0.25, 0.3) is 0 Å². The van der Waals surface area contributed by atoms with Crippen LogP contribution in [-0.4, -0.2) is 16.8 Å². The van der Waals surface area contributed by atoms with Gasteiger partial charge in [0.2, 0.25) is 5.88 Å². The molecule has 1 heterocycles. The number of aromatic nitrogens is 2. The molecule has 1 aromatic heterocycles. The molecule has 0 aliphatic heterocycles. The molecule has 2 N–H and O–H groups in total. The van der Waals surface area contributed by atoms with Crippen molar-refractivity contribution in [2.45, 2.75) is 6.61 Å². The Morgan fingerprint density at radius 3 is 2.42 bits per heavy atom. The van der Waals surface area contributed by atoms with E-state index in [2.05, 4.69) is 14.9 Å². The quantitative estimate of drug-likeness (QED) is 0.771. The van der Waals surface area contributed by atoms with Crippen molar-refractivity contribution in [1.82, 2.24) is 10.2 Å². The molecule has 1 aromatic rings. The molecule has 4 nitrogen and oxygen atoms in total. The topological polar surface area (TPSA) is 61.0 Å². The number of alkyl halides is 2. The molecule has 0 aliphatic carbocycles. The van der Waals surface area contributed by atoms with E-state index in [4.69, 9.17) is 5.73 Å². The zero-order valence-corrected chi connectivity index (χ0v) is 6.59. The first-order chi connectivity index (χ1) is 5.18. The van der Waals surface area contributed by atoms with Crippen molar-refractivity contribution in [2.24, 2.45) is 0 Å². The van der Waals surface area contributed by atoms with Gasteiger partial charge in [0.05, 0.1) is 0 Å². The Hall–Kier alpha value is -1.17. The van der Waals surface area contributed by atoms with Crippen LogP contribution in [0.15, 0.2) is 12.1 Å². The van der Waals surface area contributed by atoms with Crippen molar-refractivity contribution < 1.29 is 13.5 Å². The smallest absolute Gasteiger partial charge is 0.388 e. The maximum absolute atomic E-state index is 11.5. The summed E-state index contributed by atoms with van der Waals surface area (Å²) in [4.78, 5) is 0. The number of rotatable bonds is 2. The number of nitrogens with two attached hydrogens (primary N) is 1. The van der Waals surface area contributed by atoms with E-state index in [0.717, 1.165) is 0 Å². The van der Waals surface area contributed by atoms with Gasteiger partial charge in [-0.05, 0) is 6.07 Å². The van der Waals surface area contributed by atoms with Gasteiger partial charge in [-0.3, -0.25) is 0 Å². The van der Waals surface area contributed by atoms with Gasteiger partial charge in [0, 0.05) is 6.07 Å². The summed E-state index contributed by atoms with van der Waals surface area (Å²) in [6.45, 7) is -2.88. The molecule has 0 unspecified atom stereocenters. The standard InChI is InChI=1S/C5H5F2N3O.ClH/c6-5(7)11-4-2-1-3(8)9-10-4;/h1-2,5H,(H2,8,9);1H. The zero-order chi connectivity index (χ0) is 8.27. The van der Waals surface area contributed by atoms with Crippen LogP contribution >= 0.6 is 12.4 Å². The summed E-state index contributed by atoms with van der Waals surface area (Å²) in [6, 6.07) is 2.54. The van der Waals surface area contributed by atoms with E-state index in [0.29, 0.717) is 0 Å². The molecule has 0 atom stereocenters. The molecule has 0 aromatic carbocycles. The van der Waals surface area contributed by atoms with E-state index >= 15 is 0 Å². The number of halogens is 3. The Labute approximate surface area is 73.1 Å². The number of ether oxygens (including phenoxy) is 1. The lowest BCUT2D eigenvalue weighted by Crippen LogP contribution is -2.04. The van der Waals surface area contributed by atoms with Crippen LogP contribution in [0.2, 0.25) is 0 Å². The highest BCUT2D eigenvalue weighted by Crippen LogP contribution is 2.08. The molecule has 12 heavy (non-hydrogen) atoms. The minimum absolute atomic E-state index is 0. The number of anilines is 1. The first-order valence-electron chi connectivity index (χ1n) is 2.72. The molecule has 7 heteroatoms. The lowest BCUT2D eigenvalue weighted by atomic mass is 10.5. The first kappa shape index (κ1) is 10.8. The first-order valence-corrected chi connectivity index (χ1v) is 2.72. The van der Waals surface area contributed by atoms with Crippen molar-refractivity contribution in [3.63, 3.8) is 0 Å². The summed E-state index contributed by atoms with van der Waals surface area (Å²) < 4.78 is 26.9. The SMILES string of the molecule is Cl.Nc1ccc(OC(F)F)nn1. The summed E-state index contributed by atoms with van der Waals surface area (Å²) in [5.41, 5.74) is 5.14. The number of nitrogens with zero attached hydrogens (tertiary/aromatic N) is 2. The van der Waals surface area contributed by atoms with Gasteiger partial charge < -0.3 is 10.5 Å². The maximum Gasteiger partial charge on any atom is 0.388 e. The van der Waals surface area contributed by atoms with Gasteiger partial charge >= 0.3 is 6.61 Å². The van der Waals surface area contributed by atoms with Gasteiger partial charge in [-0.2, -0.15) is 8.78 Å². The van der Waals surface area contributed by atoms with Gasteiger partial charge in [-0.25, -0.2) is 0 Å². The fraction of sp³-hybridized carbons (Fsp3) is 0.200. The molecule has 0 fully saturated rings. The third-order valence-electron chi connectivity index (χ3n) is 0.871. The predicted molar refractivity (Wildman–Crippen MR) is 40.3 cm³/mol. The second kappa shape index (κ2) is 4.66. The molecule has 0 saturated carbocycles. The fourth-order valence-electron chi connectivity index (χ4n) is 0.484. The van der Waals surface area contributed by atoms with Gasteiger partial charge in [0.15, 0.2) is 0 Å². The highest BCUT2D eigenvalue weighted by Gasteiger charge is 2.04. The lowest BCUT2D eigenvalue weighted by Gasteiger charge is -2.00. The predicted octanol–water partition coefficient (Wildman–Crippen LogP) is 1.08. The van der Waals surface area contributed by atoms with Crippen molar-refractivity contribution >= 4 is 18.2 Å². The Balaban J connectivity index is 0.00000121. The van der Waals surface area contributed by atoms with Crippen LogP contribution in [0.5, 0.6) is 5.88 Å². The van der Waals surface area contributed by atoms with Crippen molar-refractivity contribution in [2.75, 3.05) is 5.73 Å². The molecule has 0 radical (unpaired) electrons. The van der Waals surface area contributed by atoms with E-state index < -0.39 is 6.61 Å². The Kier molecular flexibility index (Phi) is 4.20. The molecule has 0 bridgehead atoms. The minimum Gasteiger partial charge on any atom is -0.415 e. The fourth-order valence-corrected chi connectivity index (χ4v) is 0.484. The average molecular weight is 198 g/mol. The highest BCUT2D eigenvalue weighted by molar-refractivity contribution is 5.85. The van der Waals surface area contributed by atoms with Crippen LogP contribution in [0.4, 0.5) is 14.6 Å². The van der Waals surface area contributed by atoms with Gasteiger partial charge in [-0.1, -0.05) is 0 Å². The maximum atomic E-state index is 11.5. The lowest BCUT2D eigenvalue weighted by molar-refractivity contribution is -0.0534. The van der Waals surface area contributed by atoms with E-state index in [1.165, 1.54) is 12.1 Å². The highest BCUT2D eigenvalue weighted by atomic mass is 35.5. The number of nitrogen functional groups attached to an aromatic ring is 1. The van der Waals surface area contributed by atoms with Gasteiger partial charge in [-0.15, -0.1) is 22.6 Å². The van der Waals surface area contributed by atoms with Crippen LogP contribution in [0.3, 0.4) is 0 Å². The molecule has 0 aliphatic rings. The second-order valence-corrected chi connectivity index (χ2v) is 1.67. The molecule has 0 saturated heterocycles. The normalized spacial score (nSPS) is 9.25. The molecule has 0 spiro atoms. The summed E-state index contributed by atoms with van der Waals surface area (Å²) in [5, 5.41) is 6.54. The van der Waals surface area contributed by atoms with E-state index in [9.17, 15) is 8.78 Å². The Bertz CT molecular complexity index is 231. The van der Waals surface area contributed by atoms with Crippen molar-refractivity contribution in [3.8, 4) is 5.88 Å². The molecule has 68 valence electrons. The van der Waals surface area contributed by atoms with Crippen LogP contribution in [-0.2, 0) is 0 Å². The van der Waals surface area contributed by atoms with E-state index in [1.54, 1.807) is 0 Å². The Morgan fingerprint density at radius 2 is 2.00 bits per heavy atom. The zero-order valence-electron chi connectivity index (χ0n) is 5.78. The molecule has 0 amide bonds.